The molecule has 5 heteroatoms. The topological polar surface area (TPSA) is 50.8 Å². The Morgan fingerprint density at radius 1 is 1.07 bits per heavy atom. The number of benzene rings is 2. The molecule has 1 N–H and O–H groups in total. The molecule has 0 fully saturated rings. The van der Waals surface area contributed by atoms with Crippen molar-refractivity contribution in [1.29, 1.82) is 0 Å². The molecular formula is C22H30N2O3. The number of carbonyl (C=O) groups excluding carboxylic acids is 1. The van der Waals surface area contributed by atoms with E-state index >= 15 is 0 Å². The number of ether oxygens (including phenoxy) is 2. The molecule has 2 aromatic carbocycles. The van der Waals surface area contributed by atoms with Gasteiger partial charge in [0, 0.05) is 12.2 Å². The standard InChI is InChI=1S/C22H30N2O3/c1-16(2)18-8-6-7-9-19(18)23-22(25)15-24(3)13-12-17-10-11-20(26-4)21(14-17)27-5/h6-11,14,16H,12-13,15H2,1-5H3,(H,23,25). The Bertz CT molecular complexity index is 759. The summed E-state index contributed by atoms with van der Waals surface area (Å²) in [7, 11) is 5.21. The van der Waals surface area contributed by atoms with E-state index in [0.29, 0.717) is 12.5 Å². The van der Waals surface area contributed by atoms with Crippen LogP contribution in [0.4, 0.5) is 5.69 Å². The number of carbonyl (C=O) groups is 1. The van der Waals surface area contributed by atoms with Crippen LogP contribution in [0.25, 0.3) is 0 Å². The molecule has 0 aliphatic carbocycles. The monoisotopic (exact) mass is 370 g/mol. The third kappa shape index (κ3) is 6.00. The second-order valence-electron chi connectivity index (χ2n) is 6.97. The molecule has 0 unspecified atom stereocenters. The Morgan fingerprint density at radius 3 is 2.44 bits per heavy atom. The van der Waals surface area contributed by atoms with E-state index in [-0.39, 0.29) is 5.91 Å². The van der Waals surface area contributed by atoms with Crippen LogP contribution in [-0.2, 0) is 11.2 Å². The van der Waals surface area contributed by atoms with E-state index < -0.39 is 0 Å². The van der Waals surface area contributed by atoms with Crippen LogP contribution in [0.5, 0.6) is 11.5 Å². The maximum absolute atomic E-state index is 12.4. The molecule has 5 nitrogen and oxygen atoms in total. The lowest BCUT2D eigenvalue weighted by atomic mass is 10.0. The van der Waals surface area contributed by atoms with Crippen LogP contribution in [0.1, 0.15) is 30.9 Å². The number of para-hydroxylation sites is 1. The van der Waals surface area contributed by atoms with E-state index in [1.54, 1.807) is 14.2 Å². The van der Waals surface area contributed by atoms with E-state index in [1.165, 1.54) is 0 Å². The zero-order chi connectivity index (χ0) is 19.8. The number of methoxy groups -OCH3 is 2. The normalized spacial score (nSPS) is 10.9. The number of likely N-dealkylation sites (N-methyl/N-ethyl adjacent to an activating group) is 1. The van der Waals surface area contributed by atoms with Gasteiger partial charge in [-0.3, -0.25) is 9.69 Å². The van der Waals surface area contributed by atoms with Gasteiger partial charge in [0.1, 0.15) is 0 Å². The zero-order valence-electron chi connectivity index (χ0n) is 16.9. The van der Waals surface area contributed by atoms with Gasteiger partial charge in [0.05, 0.1) is 20.8 Å². The fourth-order valence-corrected chi connectivity index (χ4v) is 2.98. The Morgan fingerprint density at radius 2 is 1.78 bits per heavy atom. The summed E-state index contributed by atoms with van der Waals surface area (Å²) in [5.41, 5.74) is 3.19. The molecule has 0 saturated heterocycles. The van der Waals surface area contributed by atoms with Gasteiger partial charge in [-0.05, 0) is 48.7 Å². The van der Waals surface area contributed by atoms with Gasteiger partial charge in [-0.1, -0.05) is 38.1 Å². The predicted octanol–water partition coefficient (Wildman–Crippen LogP) is 3.94. The van der Waals surface area contributed by atoms with Gasteiger partial charge < -0.3 is 14.8 Å². The minimum Gasteiger partial charge on any atom is -0.493 e. The minimum atomic E-state index is -0.00193. The molecule has 0 aliphatic rings. The summed E-state index contributed by atoms with van der Waals surface area (Å²) < 4.78 is 10.6. The van der Waals surface area contributed by atoms with Crippen molar-refractivity contribution < 1.29 is 14.3 Å². The number of hydrogen-bond acceptors (Lipinski definition) is 4. The molecule has 0 aliphatic heterocycles. The van der Waals surface area contributed by atoms with Gasteiger partial charge >= 0.3 is 0 Å². The van der Waals surface area contributed by atoms with E-state index in [9.17, 15) is 4.79 Å². The summed E-state index contributed by atoms with van der Waals surface area (Å²) in [4.78, 5) is 14.4. The third-order valence-electron chi connectivity index (χ3n) is 4.50. The van der Waals surface area contributed by atoms with Gasteiger partial charge in [-0.15, -0.1) is 0 Å². The largest absolute Gasteiger partial charge is 0.493 e. The van der Waals surface area contributed by atoms with Gasteiger partial charge in [0.15, 0.2) is 11.5 Å². The predicted molar refractivity (Wildman–Crippen MR) is 110 cm³/mol. The highest BCUT2D eigenvalue weighted by Crippen LogP contribution is 2.27. The lowest BCUT2D eigenvalue weighted by molar-refractivity contribution is -0.117. The molecule has 0 saturated carbocycles. The summed E-state index contributed by atoms with van der Waals surface area (Å²) in [6.45, 7) is 5.37. The van der Waals surface area contributed by atoms with Crippen molar-refractivity contribution in [1.82, 2.24) is 4.90 Å². The average molecular weight is 370 g/mol. The summed E-state index contributed by atoms with van der Waals surface area (Å²) >= 11 is 0. The van der Waals surface area contributed by atoms with E-state index in [1.807, 2.05) is 48.3 Å². The number of anilines is 1. The van der Waals surface area contributed by atoms with Crippen molar-refractivity contribution in [2.24, 2.45) is 0 Å². The van der Waals surface area contributed by atoms with Crippen LogP contribution in [-0.4, -0.2) is 45.2 Å². The fraction of sp³-hybridized carbons (Fsp3) is 0.409. The highest BCUT2D eigenvalue weighted by molar-refractivity contribution is 5.93. The van der Waals surface area contributed by atoms with E-state index in [4.69, 9.17) is 9.47 Å². The van der Waals surface area contributed by atoms with Crippen LogP contribution >= 0.6 is 0 Å². The van der Waals surface area contributed by atoms with Crippen molar-refractivity contribution in [2.45, 2.75) is 26.2 Å². The van der Waals surface area contributed by atoms with Crippen molar-refractivity contribution in [3.63, 3.8) is 0 Å². The van der Waals surface area contributed by atoms with Gasteiger partial charge in [0.2, 0.25) is 5.91 Å². The van der Waals surface area contributed by atoms with Crippen LogP contribution in [0.2, 0.25) is 0 Å². The van der Waals surface area contributed by atoms with Gasteiger partial charge in [-0.25, -0.2) is 0 Å². The molecule has 27 heavy (non-hydrogen) atoms. The summed E-state index contributed by atoms with van der Waals surface area (Å²) in [5.74, 6) is 1.81. The van der Waals surface area contributed by atoms with Crippen molar-refractivity contribution in [3.8, 4) is 11.5 Å². The second-order valence-corrected chi connectivity index (χ2v) is 6.97. The van der Waals surface area contributed by atoms with Gasteiger partial charge in [0.25, 0.3) is 0 Å². The van der Waals surface area contributed by atoms with Crippen molar-refractivity contribution in [3.05, 3.63) is 53.6 Å². The first-order valence-corrected chi connectivity index (χ1v) is 9.22. The maximum atomic E-state index is 12.4. The fourth-order valence-electron chi connectivity index (χ4n) is 2.98. The molecule has 146 valence electrons. The quantitative estimate of drug-likeness (QED) is 0.726. The number of nitrogens with zero attached hydrogens (tertiary/aromatic N) is 1. The highest BCUT2D eigenvalue weighted by Gasteiger charge is 2.12. The average Bonchev–Trinajstić information content (AvgIpc) is 2.66. The van der Waals surface area contributed by atoms with Crippen molar-refractivity contribution in [2.75, 3.05) is 39.7 Å². The third-order valence-corrected chi connectivity index (χ3v) is 4.50. The lowest BCUT2D eigenvalue weighted by Gasteiger charge is -2.18. The molecule has 2 rings (SSSR count). The summed E-state index contributed by atoms with van der Waals surface area (Å²) in [6, 6.07) is 13.9. The number of nitrogens with one attached hydrogen (secondary N) is 1. The first-order valence-electron chi connectivity index (χ1n) is 9.22. The molecule has 0 atom stereocenters. The molecular weight excluding hydrogens is 340 g/mol. The van der Waals surface area contributed by atoms with Crippen LogP contribution in [0.3, 0.4) is 0 Å². The molecule has 1 amide bonds. The Balaban J connectivity index is 1.89. The Kier molecular flexibility index (Phi) is 7.67. The number of amides is 1. The lowest BCUT2D eigenvalue weighted by Crippen LogP contribution is -2.31. The Hall–Kier alpha value is -2.53. The molecule has 0 spiro atoms. The summed E-state index contributed by atoms with van der Waals surface area (Å²) in [5, 5.41) is 3.04. The molecule has 0 bridgehead atoms. The minimum absolute atomic E-state index is 0.00193. The molecule has 0 aromatic heterocycles. The van der Waals surface area contributed by atoms with Crippen LogP contribution in [0.15, 0.2) is 42.5 Å². The van der Waals surface area contributed by atoms with Crippen LogP contribution < -0.4 is 14.8 Å². The molecule has 2 aromatic rings. The maximum Gasteiger partial charge on any atom is 0.238 e. The molecule has 0 radical (unpaired) electrons. The van der Waals surface area contributed by atoms with Gasteiger partial charge in [-0.2, -0.15) is 0 Å². The second kappa shape index (κ2) is 9.97. The SMILES string of the molecule is COc1ccc(CCN(C)CC(=O)Nc2ccccc2C(C)C)cc1OC. The van der Waals surface area contributed by atoms with Crippen molar-refractivity contribution >= 4 is 11.6 Å². The molecule has 0 heterocycles. The smallest absolute Gasteiger partial charge is 0.238 e. The van der Waals surface area contributed by atoms with E-state index in [0.717, 1.165) is 41.3 Å². The zero-order valence-corrected chi connectivity index (χ0v) is 16.9. The highest BCUT2D eigenvalue weighted by atomic mass is 16.5. The van der Waals surface area contributed by atoms with E-state index in [2.05, 4.69) is 25.2 Å². The summed E-state index contributed by atoms with van der Waals surface area (Å²) in [6.07, 6.45) is 0.826. The first-order chi connectivity index (χ1) is 12.9. The van der Waals surface area contributed by atoms with Crippen LogP contribution in [0, 0.1) is 0 Å². The first kappa shape index (κ1) is 20.8. The number of rotatable bonds is 9. The number of hydrogen-bond donors (Lipinski definition) is 1. The Labute approximate surface area is 162 Å².